The van der Waals surface area contributed by atoms with Gasteiger partial charge in [-0.1, -0.05) is 41.9 Å². The molecule has 0 saturated carbocycles. The lowest BCUT2D eigenvalue weighted by molar-refractivity contribution is 0.627. The van der Waals surface area contributed by atoms with Gasteiger partial charge >= 0.3 is 0 Å². The van der Waals surface area contributed by atoms with Crippen molar-refractivity contribution in [3.63, 3.8) is 0 Å². The molecule has 2 aromatic carbocycles. The van der Waals surface area contributed by atoms with E-state index in [-0.39, 0.29) is 16.4 Å². The molecular weight excluding hydrogens is 317 g/mol. The van der Waals surface area contributed by atoms with Gasteiger partial charge in [0, 0.05) is 18.9 Å². The lowest BCUT2D eigenvalue weighted by Crippen LogP contribution is -2.23. The predicted molar refractivity (Wildman–Crippen MR) is 88.6 cm³/mol. The molecule has 0 aliphatic carbocycles. The smallest absolute Gasteiger partial charge is 0.297 e. The van der Waals surface area contributed by atoms with E-state index in [1.807, 2.05) is 30.3 Å². The summed E-state index contributed by atoms with van der Waals surface area (Å²) >= 11 is 5.78. The number of nitrogens with zero attached hydrogens (tertiary/aromatic N) is 2. The van der Waals surface area contributed by atoms with Crippen LogP contribution in [-0.2, 0) is 6.54 Å². The number of aromatic nitrogens is 2. The van der Waals surface area contributed by atoms with Crippen LogP contribution < -0.4 is 10.9 Å². The molecule has 0 spiro atoms. The zero-order valence-corrected chi connectivity index (χ0v) is 12.8. The first-order chi connectivity index (χ1) is 11.1. The highest BCUT2D eigenvalue weighted by Crippen LogP contribution is 2.18. The molecule has 23 heavy (non-hydrogen) atoms. The van der Waals surface area contributed by atoms with Gasteiger partial charge in [-0.2, -0.15) is 0 Å². The Bertz CT molecular complexity index is 881. The monoisotopic (exact) mass is 329 g/mol. The molecule has 0 aliphatic heterocycles. The third-order valence-corrected chi connectivity index (χ3v) is 3.61. The van der Waals surface area contributed by atoms with Crippen LogP contribution in [0.15, 0.2) is 65.7 Å². The molecular formula is C17H13ClFN3O. The summed E-state index contributed by atoms with van der Waals surface area (Å²) in [6.45, 7) is 0.483. The van der Waals surface area contributed by atoms with Gasteiger partial charge < -0.3 is 5.32 Å². The van der Waals surface area contributed by atoms with Crippen LogP contribution in [0.25, 0.3) is 5.69 Å². The van der Waals surface area contributed by atoms with E-state index in [1.54, 1.807) is 0 Å². The van der Waals surface area contributed by atoms with Crippen molar-refractivity contribution in [2.75, 3.05) is 5.32 Å². The minimum absolute atomic E-state index is 0.0370. The van der Waals surface area contributed by atoms with Crippen molar-refractivity contribution >= 4 is 17.4 Å². The van der Waals surface area contributed by atoms with Crippen LogP contribution in [0.1, 0.15) is 5.56 Å². The molecule has 4 nitrogen and oxygen atoms in total. The molecule has 3 aromatic rings. The van der Waals surface area contributed by atoms with Gasteiger partial charge in [-0.25, -0.2) is 9.37 Å². The topological polar surface area (TPSA) is 46.9 Å². The molecule has 1 N–H and O–H groups in total. The maximum Gasteiger partial charge on any atom is 0.297 e. The van der Waals surface area contributed by atoms with Crippen LogP contribution in [-0.4, -0.2) is 9.55 Å². The zero-order valence-electron chi connectivity index (χ0n) is 12.0. The Morgan fingerprint density at radius 3 is 2.70 bits per heavy atom. The number of benzene rings is 2. The number of hydrogen-bond acceptors (Lipinski definition) is 3. The molecule has 0 atom stereocenters. The Hall–Kier alpha value is -2.66. The lowest BCUT2D eigenvalue weighted by Gasteiger charge is -2.09. The molecule has 0 aliphatic rings. The summed E-state index contributed by atoms with van der Waals surface area (Å²) in [6.07, 6.45) is 3.02. The summed E-state index contributed by atoms with van der Waals surface area (Å²) in [4.78, 5) is 16.6. The molecule has 0 radical (unpaired) electrons. The highest BCUT2D eigenvalue weighted by atomic mass is 35.5. The second-order valence-electron chi connectivity index (χ2n) is 4.89. The van der Waals surface area contributed by atoms with E-state index >= 15 is 0 Å². The van der Waals surface area contributed by atoms with Gasteiger partial charge in [0.1, 0.15) is 5.82 Å². The standard InChI is InChI=1S/C17H13ClFN3O/c18-14-10-13(6-7-15(14)19)22-9-8-20-16(17(22)23)21-11-12-4-2-1-3-5-12/h1-10H,11H2,(H,20,21). The average molecular weight is 330 g/mol. The van der Waals surface area contributed by atoms with Gasteiger partial charge in [0.25, 0.3) is 5.56 Å². The van der Waals surface area contributed by atoms with Gasteiger partial charge in [0.2, 0.25) is 0 Å². The third kappa shape index (κ3) is 3.40. The molecule has 116 valence electrons. The minimum Gasteiger partial charge on any atom is -0.361 e. The predicted octanol–water partition coefficient (Wildman–Crippen LogP) is 3.64. The Balaban J connectivity index is 1.89. The summed E-state index contributed by atoms with van der Waals surface area (Å²) in [5, 5.41) is 2.98. The number of anilines is 1. The first-order valence-corrected chi connectivity index (χ1v) is 7.34. The SMILES string of the molecule is O=c1c(NCc2ccccc2)nccn1-c1ccc(F)c(Cl)c1. The van der Waals surface area contributed by atoms with E-state index < -0.39 is 5.82 Å². The van der Waals surface area contributed by atoms with Crippen molar-refractivity contribution < 1.29 is 4.39 Å². The normalized spacial score (nSPS) is 10.5. The molecule has 0 bridgehead atoms. The number of rotatable bonds is 4. The van der Waals surface area contributed by atoms with Gasteiger partial charge in [-0.15, -0.1) is 0 Å². The van der Waals surface area contributed by atoms with Crippen LogP contribution in [0.2, 0.25) is 5.02 Å². The van der Waals surface area contributed by atoms with E-state index in [4.69, 9.17) is 11.6 Å². The molecule has 6 heteroatoms. The third-order valence-electron chi connectivity index (χ3n) is 3.32. The molecule has 1 heterocycles. The second kappa shape index (κ2) is 6.62. The summed E-state index contributed by atoms with van der Waals surface area (Å²) in [5.41, 5.74) is 1.19. The fraction of sp³-hybridized carbons (Fsp3) is 0.0588. The summed E-state index contributed by atoms with van der Waals surface area (Å²) in [6, 6.07) is 13.8. The van der Waals surface area contributed by atoms with Crippen molar-refractivity contribution in [1.82, 2.24) is 9.55 Å². The summed E-state index contributed by atoms with van der Waals surface area (Å²) in [5.74, 6) is -0.309. The maximum atomic E-state index is 13.3. The molecule has 0 amide bonds. The van der Waals surface area contributed by atoms with Crippen LogP contribution in [0.3, 0.4) is 0 Å². The number of nitrogens with one attached hydrogen (secondary N) is 1. The maximum absolute atomic E-state index is 13.3. The Kier molecular flexibility index (Phi) is 4.39. The molecule has 3 rings (SSSR count). The summed E-state index contributed by atoms with van der Waals surface area (Å²) in [7, 11) is 0. The molecule has 0 unspecified atom stereocenters. The zero-order chi connectivity index (χ0) is 16.2. The van der Waals surface area contributed by atoms with Crippen LogP contribution in [0.4, 0.5) is 10.2 Å². The highest BCUT2D eigenvalue weighted by molar-refractivity contribution is 6.30. The van der Waals surface area contributed by atoms with Crippen LogP contribution in [0, 0.1) is 5.82 Å². The van der Waals surface area contributed by atoms with Crippen molar-refractivity contribution in [2.45, 2.75) is 6.54 Å². The minimum atomic E-state index is -0.528. The van der Waals surface area contributed by atoms with E-state index in [0.717, 1.165) is 5.56 Å². The van der Waals surface area contributed by atoms with E-state index in [2.05, 4.69) is 10.3 Å². The van der Waals surface area contributed by atoms with Gasteiger partial charge in [0.05, 0.1) is 10.7 Å². The van der Waals surface area contributed by atoms with Crippen molar-refractivity contribution in [3.8, 4) is 5.69 Å². The van der Waals surface area contributed by atoms with Crippen molar-refractivity contribution in [3.05, 3.63) is 87.7 Å². The quantitative estimate of drug-likeness (QED) is 0.795. The van der Waals surface area contributed by atoms with Crippen LogP contribution in [0.5, 0.6) is 0 Å². The second-order valence-corrected chi connectivity index (χ2v) is 5.30. The van der Waals surface area contributed by atoms with Gasteiger partial charge in [-0.3, -0.25) is 9.36 Å². The molecule has 0 fully saturated rings. The highest BCUT2D eigenvalue weighted by Gasteiger charge is 2.08. The first kappa shape index (κ1) is 15.2. The fourth-order valence-electron chi connectivity index (χ4n) is 2.15. The van der Waals surface area contributed by atoms with E-state index in [1.165, 1.54) is 35.2 Å². The Labute approximate surface area is 137 Å². The van der Waals surface area contributed by atoms with E-state index in [9.17, 15) is 9.18 Å². The van der Waals surface area contributed by atoms with Gasteiger partial charge in [0.15, 0.2) is 5.82 Å². The first-order valence-electron chi connectivity index (χ1n) is 6.96. The van der Waals surface area contributed by atoms with E-state index in [0.29, 0.717) is 12.2 Å². The Morgan fingerprint density at radius 2 is 1.96 bits per heavy atom. The Morgan fingerprint density at radius 1 is 1.17 bits per heavy atom. The largest absolute Gasteiger partial charge is 0.361 e. The lowest BCUT2D eigenvalue weighted by atomic mass is 10.2. The number of hydrogen-bond donors (Lipinski definition) is 1. The van der Waals surface area contributed by atoms with Crippen molar-refractivity contribution in [2.24, 2.45) is 0 Å². The fourth-order valence-corrected chi connectivity index (χ4v) is 2.33. The molecule has 1 aromatic heterocycles. The van der Waals surface area contributed by atoms with Gasteiger partial charge in [-0.05, 0) is 23.8 Å². The average Bonchev–Trinajstić information content (AvgIpc) is 2.57. The van der Waals surface area contributed by atoms with Crippen LogP contribution >= 0.6 is 11.6 Å². The van der Waals surface area contributed by atoms with Crippen molar-refractivity contribution in [1.29, 1.82) is 0 Å². The molecule has 0 saturated heterocycles. The number of halogens is 2. The summed E-state index contributed by atoms with van der Waals surface area (Å²) < 4.78 is 14.6.